The Balaban J connectivity index is -0.00000000331. The largest absolute Gasteiger partial charge is 0.106 e. The molecule has 0 unspecified atom stereocenters. The van der Waals surface area contributed by atoms with E-state index in [9.17, 15) is 0 Å². The van der Waals surface area contributed by atoms with E-state index in [0.29, 0.717) is 0 Å². The average Bonchev–Trinajstić information content (AvgIpc) is 2.90. The standard InChI is InChI=1S/C2H6.12C2H4.6CH4/c13*1-2;;;;;;/h1-2H3;12*1-2H2;6*1H4. The van der Waals surface area contributed by atoms with Crippen molar-refractivity contribution in [3.05, 3.63) is 158 Å². The van der Waals surface area contributed by atoms with Crippen LogP contribution in [0.15, 0.2) is 158 Å². The van der Waals surface area contributed by atoms with Gasteiger partial charge in [-0.25, -0.2) is 0 Å². The van der Waals surface area contributed by atoms with E-state index in [0.717, 1.165) is 0 Å². The van der Waals surface area contributed by atoms with Crippen LogP contribution in [0, 0.1) is 0 Å². The second-order valence-corrected chi connectivity index (χ2v) is 0. The van der Waals surface area contributed by atoms with Gasteiger partial charge in [0.2, 0.25) is 0 Å². The van der Waals surface area contributed by atoms with Crippen LogP contribution in [0.3, 0.4) is 0 Å². The second-order valence-electron chi connectivity index (χ2n) is 0. The SMILES string of the molecule is C.C.C.C.C.C.C=C.C=C.C=C.C=C.C=C.C=C.C=C.C=C.C=C.C=C.C=C.C=C.CC. The molecule has 206 valence electrons. The van der Waals surface area contributed by atoms with Crippen molar-refractivity contribution in [2.75, 3.05) is 0 Å². The molecule has 0 aliphatic rings. The molecule has 0 saturated heterocycles. The number of hydrogen-bond acceptors (Lipinski definition) is 0. The topological polar surface area (TPSA) is 0 Å². The van der Waals surface area contributed by atoms with Crippen molar-refractivity contribution in [3.8, 4) is 0 Å². The Morgan fingerprint density at radius 1 is 0.156 bits per heavy atom. The molecule has 0 saturated carbocycles. The summed E-state index contributed by atoms with van der Waals surface area (Å²) < 4.78 is 0. The van der Waals surface area contributed by atoms with Crippen molar-refractivity contribution in [1.29, 1.82) is 0 Å². The van der Waals surface area contributed by atoms with E-state index >= 15 is 0 Å². The van der Waals surface area contributed by atoms with Crippen molar-refractivity contribution in [1.82, 2.24) is 0 Å². The first-order valence-electron chi connectivity index (χ1n) is 7.00. The molecule has 0 aliphatic heterocycles. The second kappa shape index (κ2) is 2070. The molecule has 0 rings (SSSR count). The summed E-state index contributed by atoms with van der Waals surface area (Å²) in [5.41, 5.74) is 0. The molecule has 32 heavy (non-hydrogen) atoms. The van der Waals surface area contributed by atoms with E-state index in [1.165, 1.54) is 0 Å². The van der Waals surface area contributed by atoms with Gasteiger partial charge in [0.1, 0.15) is 0 Å². The average molecular weight is 463 g/mol. The minimum absolute atomic E-state index is 0. The summed E-state index contributed by atoms with van der Waals surface area (Å²) in [5, 5.41) is 0. The summed E-state index contributed by atoms with van der Waals surface area (Å²) in [5.74, 6) is 0. The lowest BCUT2D eigenvalue weighted by molar-refractivity contribution is 1.50. The molecule has 0 bridgehead atoms. The molecule has 0 amide bonds. The molecule has 0 heteroatoms. The Kier molecular flexibility index (Phi) is 14900. The minimum atomic E-state index is 0. The van der Waals surface area contributed by atoms with E-state index in [-0.39, 0.29) is 44.6 Å². The fourth-order valence-electron chi connectivity index (χ4n) is 0. The van der Waals surface area contributed by atoms with Gasteiger partial charge in [-0.15, -0.1) is 158 Å². The lowest BCUT2D eigenvalue weighted by Crippen LogP contribution is -0.856. The monoisotopic (exact) mass is 463 g/mol. The third-order valence-electron chi connectivity index (χ3n) is 0. The molecule has 0 atom stereocenters. The first kappa shape index (κ1) is 230. The van der Waals surface area contributed by atoms with Crippen molar-refractivity contribution < 1.29 is 0 Å². The highest BCUT2D eigenvalue weighted by Crippen LogP contribution is 1.14. The smallest absolute Gasteiger partial charge is 0.0683 e. The van der Waals surface area contributed by atoms with Crippen molar-refractivity contribution in [3.63, 3.8) is 0 Å². The van der Waals surface area contributed by atoms with Gasteiger partial charge in [-0.2, -0.15) is 0 Å². The molecular weight excluding hydrogens is 384 g/mol. The van der Waals surface area contributed by atoms with Gasteiger partial charge in [-0.05, 0) is 0 Å². The molecule has 0 aliphatic carbocycles. The third kappa shape index (κ3) is 1850. The maximum Gasteiger partial charge on any atom is -0.0683 e. The highest BCUT2D eigenvalue weighted by atomic mass is 13.0. The van der Waals surface area contributed by atoms with Crippen LogP contribution in [0.2, 0.25) is 0 Å². The van der Waals surface area contributed by atoms with Crippen LogP contribution in [0.1, 0.15) is 58.4 Å². The van der Waals surface area contributed by atoms with Crippen LogP contribution in [-0.4, -0.2) is 0 Å². The van der Waals surface area contributed by atoms with Crippen LogP contribution in [0.5, 0.6) is 0 Å². The minimum Gasteiger partial charge on any atom is -0.106 e. The molecule has 0 aromatic carbocycles. The zero-order valence-corrected chi connectivity index (χ0v) is 19.0. The van der Waals surface area contributed by atoms with Gasteiger partial charge in [0.05, 0.1) is 0 Å². The van der Waals surface area contributed by atoms with Crippen LogP contribution in [0.4, 0.5) is 0 Å². The zero-order chi connectivity index (χ0) is 26.0. The Hall–Kier alpha value is -3.12. The van der Waals surface area contributed by atoms with Gasteiger partial charge >= 0.3 is 0 Å². The van der Waals surface area contributed by atoms with E-state index in [2.05, 4.69) is 158 Å². The first-order valence-corrected chi connectivity index (χ1v) is 7.00. The van der Waals surface area contributed by atoms with E-state index in [1.54, 1.807) is 0 Å². The molecule has 0 fully saturated rings. The van der Waals surface area contributed by atoms with Gasteiger partial charge in [0, 0.05) is 0 Å². The first-order chi connectivity index (χ1) is 13.0. The van der Waals surface area contributed by atoms with E-state index in [4.69, 9.17) is 0 Å². The van der Waals surface area contributed by atoms with Gasteiger partial charge < -0.3 is 0 Å². The van der Waals surface area contributed by atoms with Gasteiger partial charge in [-0.1, -0.05) is 58.4 Å². The Morgan fingerprint density at radius 2 is 0.156 bits per heavy atom. The van der Waals surface area contributed by atoms with Crippen molar-refractivity contribution in [2.45, 2.75) is 58.4 Å². The van der Waals surface area contributed by atoms with Gasteiger partial charge in [0.15, 0.2) is 0 Å². The molecular formula is C32H78. The summed E-state index contributed by atoms with van der Waals surface area (Å²) >= 11 is 0. The molecule has 0 nitrogen and oxygen atoms in total. The number of rotatable bonds is 0. The van der Waals surface area contributed by atoms with Crippen LogP contribution in [0.25, 0.3) is 0 Å². The lowest BCUT2D eigenvalue weighted by atomic mass is 11.0. The predicted octanol–water partition coefficient (Wildman–Crippen LogP) is 14.5. The van der Waals surface area contributed by atoms with Crippen LogP contribution in [-0.2, 0) is 0 Å². The molecule has 0 heterocycles. The normalized spacial score (nSPS) is 1.69. The summed E-state index contributed by atoms with van der Waals surface area (Å²) in [7, 11) is 0. The quantitative estimate of drug-likeness (QED) is 0.314. The molecule has 0 spiro atoms. The van der Waals surface area contributed by atoms with Crippen molar-refractivity contribution >= 4 is 0 Å². The fraction of sp³-hybridized carbons (Fsp3) is 0.250. The Bertz CT molecular complexity index is 43.0. The molecule has 0 radical (unpaired) electrons. The third-order valence-corrected chi connectivity index (χ3v) is 0. The summed E-state index contributed by atoms with van der Waals surface area (Å²) in [6.07, 6.45) is 0. The predicted molar refractivity (Wildman–Crippen MR) is 187 cm³/mol. The maximum absolute atomic E-state index is 3.00. The van der Waals surface area contributed by atoms with Gasteiger partial charge in [-0.3, -0.25) is 0 Å². The van der Waals surface area contributed by atoms with Gasteiger partial charge in [0.25, 0.3) is 0 Å². The molecule has 0 aromatic rings. The summed E-state index contributed by atoms with van der Waals surface area (Å²) in [6, 6.07) is 0. The Morgan fingerprint density at radius 3 is 0.156 bits per heavy atom. The molecule has 0 N–H and O–H groups in total. The summed E-state index contributed by atoms with van der Waals surface area (Å²) in [6.45, 7) is 76.0. The van der Waals surface area contributed by atoms with Crippen molar-refractivity contribution in [2.24, 2.45) is 0 Å². The molecule has 0 aromatic heterocycles. The van der Waals surface area contributed by atoms with E-state index < -0.39 is 0 Å². The van der Waals surface area contributed by atoms with E-state index in [1.807, 2.05) is 13.8 Å². The summed E-state index contributed by atoms with van der Waals surface area (Å²) in [4.78, 5) is 0. The number of hydrogen-bond donors (Lipinski definition) is 0. The Labute approximate surface area is 216 Å². The lowest BCUT2D eigenvalue weighted by Gasteiger charge is -1.07. The zero-order valence-electron chi connectivity index (χ0n) is 19.0. The van der Waals surface area contributed by atoms with Crippen LogP contribution >= 0.6 is 0 Å². The highest BCUT2D eigenvalue weighted by molar-refractivity contribution is 4.24. The highest BCUT2D eigenvalue weighted by Gasteiger charge is 0.932. The maximum atomic E-state index is 3.00. The van der Waals surface area contributed by atoms with Crippen LogP contribution < -0.4 is 0 Å². The fourth-order valence-corrected chi connectivity index (χ4v) is 0.